The first kappa shape index (κ1) is 14.7. The average Bonchev–Trinajstić information content (AvgIpc) is 2.88. The lowest BCUT2D eigenvalue weighted by Crippen LogP contribution is -2.35. The van der Waals surface area contributed by atoms with Crippen molar-refractivity contribution in [3.63, 3.8) is 0 Å². The van der Waals surface area contributed by atoms with Crippen LogP contribution in [0, 0.1) is 5.82 Å². The van der Waals surface area contributed by atoms with E-state index < -0.39 is 0 Å². The van der Waals surface area contributed by atoms with Crippen molar-refractivity contribution in [3.05, 3.63) is 34.6 Å². The summed E-state index contributed by atoms with van der Waals surface area (Å²) in [5.41, 5.74) is 0.811. The van der Waals surface area contributed by atoms with Gasteiger partial charge in [0.1, 0.15) is 5.82 Å². The number of rotatable bonds is 6. The minimum absolute atomic E-state index is 0.160. The quantitative estimate of drug-likeness (QED) is 0.873. The van der Waals surface area contributed by atoms with E-state index in [0.717, 1.165) is 18.5 Å². The van der Waals surface area contributed by atoms with Gasteiger partial charge < -0.3 is 14.8 Å². The Balaban J connectivity index is 2.00. The van der Waals surface area contributed by atoms with Crippen molar-refractivity contribution in [2.24, 2.45) is 0 Å². The van der Waals surface area contributed by atoms with Crippen LogP contribution < -0.4 is 5.32 Å². The maximum absolute atomic E-state index is 13.4. The van der Waals surface area contributed by atoms with Crippen LogP contribution in [-0.2, 0) is 15.9 Å². The van der Waals surface area contributed by atoms with E-state index in [0.29, 0.717) is 19.6 Å². The van der Waals surface area contributed by atoms with Gasteiger partial charge in [0.15, 0.2) is 6.29 Å². The van der Waals surface area contributed by atoms with Gasteiger partial charge in [-0.2, -0.15) is 0 Å². The second-order valence-electron chi connectivity index (χ2n) is 4.58. The molecule has 0 amide bonds. The molecule has 1 N–H and O–H groups in total. The zero-order valence-electron chi connectivity index (χ0n) is 11.0. The highest BCUT2D eigenvalue weighted by Crippen LogP contribution is 2.22. The lowest BCUT2D eigenvalue weighted by Gasteiger charge is -2.21. The van der Waals surface area contributed by atoms with Crippen molar-refractivity contribution in [1.29, 1.82) is 0 Å². The molecule has 2 rings (SSSR count). The molecular formula is C14H19ClFNO2. The number of hydrogen-bond acceptors (Lipinski definition) is 3. The van der Waals surface area contributed by atoms with Crippen LogP contribution in [0.4, 0.5) is 4.39 Å². The summed E-state index contributed by atoms with van der Waals surface area (Å²) in [7, 11) is 0. The van der Waals surface area contributed by atoms with E-state index in [4.69, 9.17) is 21.1 Å². The summed E-state index contributed by atoms with van der Waals surface area (Å²) >= 11 is 5.99. The molecule has 0 bridgehead atoms. The highest BCUT2D eigenvalue weighted by Gasteiger charge is 2.22. The van der Waals surface area contributed by atoms with Gasteiger partial charge in [0.2, 0.25) is 0 Å². The zero-order valence-corrected chi connectivity index (χ0v) is 11.8. The molecule has 1 saturated heterocycles. The van der Waals surface area contributed by atoms with Gasteiger partial charge >= 0.3 is 0 Å². The summed E-state index contributed by atoms with van der Waals surface area (Å²) in [6.07, 6.45) is 1.23. The van der Waals surface area contributed by atoms with Gasteiger partial charge in [-0.1, -0.05) is 30.7 Å². The third-order valence-electron chi connectivity index (χ3n) is 3.16. The van der Waals surface area contributed by atoms with Gasteiger partial charge in [-0.3, -0.25) is 0 Å². The van der Waals surface area contributed by atoms with Crippen LogP contribution in [0.25, 0.3) is 0 Å². The largest absolute Gasteiger partial charge is 0.350 e. The van der Waals surface area contributed by atoms with Gasteiger partial charge in [-0.05, 0) is 24.6 Å². The summed E-state index contributed by atoms with van der Waals surface area (Å²) in [6.45, 7) is 4.16. The Morgan fingerprint density at radius 3 is 2.84 bits per heavy atom. The topological polar surface area (TPSA) is 30.5 Å². The molecule has 0 aromatic heterocycles. The molecule has 1 unspecified atom stereocenters. The van der Waals surface area contributed by atoms with Crippen molar-refractivity contribution < 1.29 is 13.9 Å². The molecule has 1 aliphatic rings. The summed E-state index contributed by atoms with van der Waals surface area (Å²) in [5, 5.41) is 3.57. The normalized spacial score (nSPS) is 17.8. The van der Waals surface area contributed by atoms with Crippen LogP contribution in [-0.4, -0.2) is 32.1 Å². The number of ether oxygens (including phenoxy) is 2. The first-order chi connectivity index (χ1) is 9.20. The molecule has 5 heteroatoms. The minimum Gasteiger partial charge on any atom is -0.350 e. The summed E-state index contributed by atoms with van der Waals surface area (Å²) < 4.78 is 24.3. The lowest BCUT2D eigenvalue weighted by atomic mass is 10.0. The summed E-state index contributed by atoms with van der Waals surface area (Å²) in [6, 6.07) is 5.07. The van der Waals surface area contributed by atoms with E-state index >= 15 is 0 Å². The molecule has 0 aliphatic carbocycles. The van der Waals surface area contributed by atoms with Gasteiger partial charge in [0, 0.05) is 12.5 Å². The Hall–Kier alpha value is -0.680. The highest BCUT2D eigenvalue weighted by atomic mass is 35.5. The van der Waals surface area contributed by atoms with Gasteiger partial charge in [-0.25, -0.2) is 4.39 Å². The Morgan fingerprint density at radius 2 is 2.16 bits per heavy atom. The van der Waals surface area contributed by atoms with Crippen LogP contribution in [0.5, 0.6) is 0 Å². The smallest absolute Gasteiger partial charge is 0.159 e. The highest BCUT2D eigenvalue weighted by molar-refractivity contribution is 6.31. The van der Waals surface area contributed by atoms with Crippen molar-refractivity contribution in [3.8, 4) is 0 Å². The number of hydrogen-bond donors (Lipinski definition) is 1. The standard InChI is InChI=1S/C14H19ClFNO2/c1-2-17-11(9-13-18-6-7-19-13)8-10-4-3-5-12(16)14(10)15/h3-5,11,13,17H,2,6-9H2,1H3. The number of benzene rings is 1. The molecule has 3 nitrogen and oxygen atoms in total. The fraction of sp³-hybridized carbons (Fsp3) is 0.571. The SMILES string of the molecule is CCNC(Cc1cccc(F)c1Cl)CC1OCCO1. The second kappa shape index (κ2) is 7.20. The van der Waals surface area contributed by atoms with E-state index in [1.807, 2.05) is 13.0 Å². The third kappa shape index (κ3) is 4.14. The fourth-order valence-electron chi connectivity index (χ4n) is 2.27. The number of halogens is 2. The molecule has 106 valence electrons. The third-order valence-corrected chi connectivity index (χ3v) is 3.58. The monoisotopic (exact) mass is 287 g/mol. The minimum atomic E-state index is -0.372. The Morgan fingerprint density at radius 1 is 1.42 bits per heavy atom. The molecule has 0 spiro atoms. The predicted molar refractivity (Wildman–Crippen MR) is 72.9 cm³/mol. The molecular weight excluding hydrogens is 269 g/mol. The molecule has 1 aliphatic heterocycles. The van der Waals surface area contributed by atoms with E-state index in [2.05, 4.69) is 5.32 Å². The number of likely N-dealkylation sites (N-methyl/N-ethyl adjacent to an activating group) is 1. The Kier molecular flexibility index (Phi) is 5.58. The zero-order chi connectivity index (χ0) is 13.7. The summed E-state index contributed by atoms with van der Waals surface area (Å²) in [4.78, 5) is 0. The van der Waals surface area contributed by atoms with E-state index in [1.54, 1.807) is 6.07 Å². The number of nitrogens with one attached hydrogen (secondary N) is 1. The Bertz CT molecular complexity index is 410. The van der Waals surface area contributed by atoms with Crippen LogP contribution in [0.1, 0.15) is 18.9 Å². The van der Waals surface area contributed by atoms with E-state index in [9.17, 15) is 4.39 Å². The average molecular weight is 288 g/mol. The molecule has 0 saturated carbocycles. The summed E-state index contributed by atoms with van der Waals surface area (Å²) in [5.74, 6) is -0.372. The van der Waals surface area contributed by atoms with Crippen molar-refractivity contribution in [1.82, 2.24) is 5.32 Å². The maximum Gasteiger partial charge on any atom is 0.159 e. The molecule has 1 aromatic rings. The second-order valence-corrected chi connectivity index (χ2v) is 4.96. The van der Waals surface area contributed by atoms with Crippen LogP contribution in [0.15, 0.2) is 18.2 Å². The first-order valence-electron chi connectivity index (χ1n) is 6.60. The van der Waals surface area contributed by atoms with Gasteiger partial charge in [0.05, 0.1) is 18.2 Å². The van der Waals surface area contributed by atoms with Gasteiger partial charge in [-0.15, -0.1) is 0 Å². The molecule has 1 heterocycles. The van der Waals surface area contributed by atoms with Crippen molar-refractivity contribution >= 4 is 11.6 Å². The van der Waals surface area contributed by atoms with Gasteiger partial charge in [0.25, 0.3) is 0 Å². The first-order valence-corrected chi connectivity index (χ1v) is 6.98. The maximum atomic E-state index is 13.4. The lowest BCUT2D eigenvalue weighted by molar-refractivity contribution is -0.0525. The van der Waals surface area contributed by atoms with E-state index in [-0.39, 0.29) is 23.2 Å². The van der Waals surface area contributed by atoms with Crippen LogP contribution in [0.2, 0.25) is 5.02 Å². The fourth-order valence-corrected chi connectivity index (χ4v) is 2.48. The molecule has 1 aromatic carbocycles. The van der Waals surface area contributed by atoms with Crippen LogP contribution >= 0.6 is 11.6 Å². The predicted octanol–water partition coefficient (Wildman–Crippen LogP) is 2.76. The van der Waals surface area contributed by atoms with Crippen molar-refractivity contribution in [2.45, 2.75) is 32.1 Å². The van der Waals surface area contributed by atoms with E-state index in [1.165, 1.54) is 6.07 Å². The molecule has 0 radical (unpaired) electrons. The molecule has 1 fully saturated rings. The van der Waals surface area contributed by atoms with Crippen LogP contribution in [0.3, 0.4) is 0 Å². The molecule has 1 atom stereocenters. The molecule has 19 heavy (non-hydrogen) atoms. The van der Waals surface area contributed by atoms with Crippen molar-refractivity contribution in [2.75, 3.05) is 19.8 Å². The Labute approximate surface area is 118 Å².